The number of likely N-dealkylation sites (tertiary alicyclic amines) is 1. The fourth-order valence-electron chi connectivity index (χ4n) is 5.50. The van der Waals surface area contributed by atoms with Crippen LogP contribution in [0, 0.1) is 6.92 Å². The van der Waals surface area contributed by atoms with Crippen molar-refractivity contribution in [2.45, 2.75) is 38.3 Å². The van der Waals surface area contributed by atoms with Gasteiger partial charge < -0.3 is 20.7 Å². The van der Waals surface area contributed by atoms with Crippen molar-refractivity contribution in [1.29, 1.82) is 0 Å². The fourth-order valence-corrected chi connectivity index (χ4v) is 5.50. The van der Waals surface area contributed by atoms with Crippen LogP contribution in [0.2, 0.25) is 0 Å². The van der Waals surface area contributed by atoms with Gasteiger partial charge in [0.2, 0.25) is 5.91 Å². The van der Waals surface area contributed by atoms with E-state index in [1.54, 1.807) is 36.5 Å². The molecule has 3 N–H and O–H groups in total. The highest BCUT2D eigenvalue weighted by Gasteiger charge is 2.31. The molecule has 1 aromatic carbocycles. The Balaban J connectivity index is 1.25. The summed E-state index contributed by atoms with van der Waals surface area (Å²) in [5.41, 5.74) is 9.55. The van der Waals surface area contributed by atoms with Gasteiger partial charge in [-0.3, -0.25) is 14.5 Å². The fraction of sp³-hybridized carbons (Fsp3) is 0.355. The Bertz CT molecular complexity index is 1710. The van der Waals surface area contributed by atoms with Crippen LogP contribution in [0.1, 0.15) is 41.2 Å². The third-order valence-corrected chi connectivity index (χ3v) is 8.04. The van der Waals surface area contributed by atoms with Gasteiger partial charge in [0.1, 0.15) is 29.4 Å². The number of aromatic nitrogens is 5. The molecule has 4 heterocycles. The number of aryl methyl sites for hydroxylation is 1. The van der Waals surface area contributed by atoms with E-state index in [2.05, 4.69) is 32.2 Å². The summed E-state index contributed by atoms with van der Waals surface area (Å²) in [6.07, 6.45) is 9.88. The van der Waals surface area contributed by atoms with Crippen molar-refractivity contribution < 1.29 is 14.3 Å². The van der Waals surface area contributed by atoms with E-state index in [0.717, 1.165) is 18.5 Å². The predicted molar refractivity (Wildman–Crippen MR) is 164 cm³/mol. The Kier molecular flexibility index (Phi) is 7.76. The number of methoxy groups -OCH3 is 1. The SMILES string of the molecule is COc1cc(-c2nn(C3CCN(C(=O)/C=C/CN(C)C4CC4)C3)c3ncnc(N)c23)ccc1C(=O)Nc1cc(C)ccn1. The first kappa shape index (κ1) is 28.3. The van der Waals surface area contributed by atoms with Crippen LogP contribution >= 0.6 is 0 Å². The first-order valence-electron chi connectivity index (χ1n) is 14.4. The minimum atomic E-state index is -0.344. The maximum atomic E-state index is 13.1. The van der Waals surface area contributed by atoms with Crippen LogP contribution in [0.25, 0.3) is 22.3 Å². The molecule has 12 heteroatoms. The molecule has 2 amide bonds. The summed E-state index contributed by atoms with van der Waals surface area (Å²) >= 11 is 0. The standard InChI is InChI=1S/C31H35N9O3/c1-19-10-12-33-25(15-19)36-31(42)23-9-6-20(16-24(23)43-3)28-27-29(32)34-18-35-30(27)40(37-28)22-11-14-39(17-22)26(41)5-4-13-38(2)21-7-8-21/h4-6,9-10,12,15-16,18,21-22H,7-8,11,13-14,17H2,1-3H3,(H2,32,34,35)(H,33,36,42)/b5-4+. The molecule has 3 aromatic heterocycles. The Hall–Kier alpha value is -4.84. The van der Waals surface area contributed by atoms with Crippen molar-refractivity contribution in [3.63, 3.8) is 0 Å². The van der Waals surface area contributed by atoms with Gasteiger partial charge >= 0.3 is 0 Å². The van der Waals surface area contributed by atoms with Crippen molar-refractivity contribution in [1.82, 2.24) is 34.5 Å². The summed E-state index contributed by atoms with van der Waals surface area (Å²) in [7, 11) is 3.60. The summed E-state index contributed by atoms with van der Waals surface area (Å²) in [6.45, 7) is 3.83. The molecule has 1 atom stereocenters. The predicted octanol–water partition coefficient (Wildman–Crippen LogP) is 3.46. The molecule has 222 valence electrons. The van der Waals surface area contributed by atoms with E-state index in [0.29, 0.717) is 64.4 Å². The molecule has 1 saturated carbocycles. The van der Waals surface area contributed by atoms with Gasteiger partial charge in [0.05, 0.1) is 24.1 Å². The van der Waals surface area contributed by atoms with Crippen LogP contribution in [0.15, 0.2) is 55.0 Å². The van der Waals surface area contributed by atoms with Gasteiger partial charge in [-0.25, -0.2) is 19.6 Å². The number of rotatable bonds is 9. The maximum Gasteiger partial charge on any atom is 0.260 e. The normalized spacial score (nSPS) is 16.8. The number of nitrogens with zero attached hydrogens (tertiary/aromatic N) is 7. The largest absolute Gasteiger partial charge is 0.496 e. The number of nitrogens with two attached hydrogens (primary N) is 1. The number of benzene rings is 1. The topological polar surface area (TPSA) is 144 Å². The minimum Gasteiger partial charge on any atom is -0.496 e. The quantitative estimate of drug-likeness (QED) is 0.284. The highest BCUT2D eigenvalue weighted by Crippen LogP contribution is 2.36. The number of fused-ring (bicyclic) bond motifs is 1. The van der Waals surface area contributed by atoms with Gasteiger partial charge in [0.25, 0.3) is 5.91 Å². The molecule has 4 aromatic rings. The monoisotopic (exact) mass is 581 g/mol. The summed E-state index contributed by atoms with van der Waals surface area (Å²) in [6, 6.07) is 9.47. The number of hydrogen-bond donors (Lipinski definition) is 2. The van der Waals surface area contributed by atoms with E-state index < -0.39 is 0 Å². The lowest BCUT2D eigenvalue weighted by Gasteiger charge is -2.16. The first-order valence-corrected chi connectivity index (χ1v) is 14.4. The lowest BCUT2D eigenvalue weighted by Crippen LogP contribution is -2.28. The zero-order valence-electron chi connectivity index (χ0n) is 24.5. The van der Waals surface area contributed by atoms with E-state index in [4.69, 9.17) is 15.6 Å². The van der Waals surface area contributed by atoms with Gasteiger partial charge in [-0.15, -0.1) is 0 Å². The van der Waals surface area contributed by atoms with Gasteiger partial charge in [0.15, 0.2) is 5.65 Å². The zero-order valence-corrected chi connectivity index (χ0v) is 24.5. The number of amides is 2. The second-order valence-corrected chi connectivity index (χ2v) is 11.1. The van der Waals surface area contributed by atoms with Crippen molar-refractivity contribution in [2.24, 2.45) is 0 Å². The van der Waals surface area contributed by atoms with Crippen LogP contribution < -0.4 is 15.8 Å². The van der Waals surface area contributed by atoms with Crippen LogP contribution in [0.4, 0.5) is 11.6 Å². The third-order valence-electron chi connectivity index (χ3n) is 8.04. The molecule has 0 bridgehead atoms. The average Bonchev–Trinajstić information content (AvgIpc) is 3.61. The highest BCUT2D eigenvalue weighted by atomic mass is 16.5. The summed E-state index contributed by atoms with van der Waals surface area (Å²) < 4.78 is 7.46. The molecule has 1 saturated heterocycles. The summed E-state index contributed by atoms with van der Waals surface area (Å²) in [5.74, 6) is 0.778. The molecular weight excluding hydrogens is 546 g/mol. The second kappa shape index (κ2) is 11.8. The van der Waals surface area contributed by atoms with Crippen LogP contribution in [0.5, 0.6) is 5.75 Å². The number of carbonyl (C=O) groups excluding carboxylic acids is 2. The van der Waals surface area contributed by atoms with E-state index in [1.165, 1.54) is 26.3 Å². The Morgan fingerprint density at radius 2 is 2.00 bits per heavy atom. The van der Waals surface area contributed by atoms with Gasteiger partial charge in [0, 0.05) is 43.5 Å². The van der Waals surface area contributed by atoms with E-state index in [9.17, 15) is 9.59 Å². The third kappa shape index (κ3) is 5.91. The number of nitrogen functional groups attached to an aromatic ring is 1. The maximum absolute atomic E-state index is 13.1. The zero-order chi connectivity index (χ0) is 30.1. The molecular formula is C31H35N9O3. The van der Waals surface area contributed by atoms with Gasteiger partial charge in [-0.05, 0) is 63.1 Å². The number of pyridine rings is 1. The lowest BCUT2D eigenvalue weighted by atomic mass is 10.1. The molecule has 0 radical (unpaired) electrons. The molecule has 1 aliphatic carbocycles. The molecule has 0 spiro atoms. The van der Waals surface area contributed by atoms with Crippen molar-refractivity contribution in [3.05, 3.63) is 66.1 Å². The van der Waals surface area contributed by atoms with Crippen LogP contribution in [-0.4, -0.2) is 86.2 Å². The molecule has 2 aliphatic rings. The lowest BCUT2D eigenvalue weighted by molar-refractivity contribution is -0.125. The number of nitrogens with one attached hydrogen (secondary N) is 1. The van der Waals surface area contributed by atoms with Crippen LogP contribution in [-0.2, 0) is 4.79 Å². The number of carbonyl (C=O) groups is 2. The van der Waals surface area contributed by atoms with Gasteiger partial charge in [-0.2, -0.15) is 5.10 Å². The van der Waals surface area contributed by atoms with Crippen molar-refractivity contribution in [2.75, 3.05) is 44.8 Å². The number of ether oxygens (including phenoxy) is 1. The molecule has 6 rings (SSSR count). The smallest absolute Gasteiger partial charge is 0.260 e. The highest BCUT2D eigenvalue weighted by molar-refractivity contribution is 6.06. The summed E-state index contributed by atoms with van der Waals surface area (Å²) in [5, 5.41) is 8.37. The van der Waals surface area contributed by atoms with Crippen molar-refractivity contribution in [3.8, 4) is 17.0 Å². The Morgan fingerprint density at radius 1 is 1.16 bits per heavy atom. The van der Waals surface area contributed by atoms with Crippen LogP contribution in [0.3, 0.4) is 0 Å². The van der Waals surface area contributed by atoms with Crippen molar-refractivity contribution >= 4 is 34.5 Å². The van der Waals surface area contributed by atoms with Gasteiger partial charge in [-0.1, -0.05) is 12.1 Å². The Morgan fingerprint density at radius 3 is 2.77 bits per heavy atom. The number of likely N-dealkylation sites (N-methyl/N-ethyl adjacent to an activating group) is 1. The first-order chi connectivity index (χ1) is 20.8. The minimum absolute atomic E-state index is 0.00279. The van der Waals surface area contributed by atoms with E-state index >= 15 is 0 Å². The molecule has 1 aliphatic heterocycles. The number of hydrogen-bond acceptors (Lipinski definition) is 9. The molecule has 2 fully saturated rings. The van der Waals surface area contributed by atoms with E-state index in [-0.39, 0.29) is 17.9 Å². The second-order valence-electron chi connectivity index (χ2n) is 11.1. The Labute approximate surface area is 249 Å². The molecule has 1 unspecified atom stereocenters. The van der Waals surface area contributed by atoms with E-state index in [1.807, 2.05) is 28.6 Å². The number of anilines is 2. The molecule has 12 nitrogen and oxygen atoms in total. The summed E-state index contributed by atoms with van der Waals surface area (Å²) in [4.78, 5) is 43.1. The average molecular weight is 582 g/mol. The molecule has 43 heavy (non-hydrogen) atoms.